The van der Waals surface area contributed by atoms with Crippen molar-refractivity contribution in [3.8, 4) is 0 Å². The minimum atomic E-state index is -0.221. The molecule has 1 aliphatic heterocycles. The maximum absolute atomic E-state index is 11.2. The molecular formula is C18H26N2O3. The number of aliphatic hydroxyl groups excluding tert-OH is 1. The lowest BCUT2D eigenvalue weighted by Crippen LogP contribution is -2.56. The van der Waals surface area contributed by atoms with Gasteiger partial charge in [-0.15, -0.1) is 0 Å². The average Bonchev–Trinajstić information content (AvgIpc) is 2.52. The summed E-state index contributed by atoms with van der Waals surface area (Å²) in [6.07, 6.45) is 2.78. The Balaban J connectivity index is 1.71. The Bertz CT molecular complexity index is 563. The monoisotopic (exact) mass is 318 g/mol. The number of nitrogens with zero attached hydrogens (tertiary/aromatic N) is 1. The highest BCUT2D eigenvalue weighted by molar-refractivity contribution is 5.88. The second kappa shape index (κ2) is 6.99. The summed E-state index contributed by atoms with van der Waals surface area (Å²) in [6.45, 7) is 3.22. The number of nitrogens with one attached hydrogen (secondary N) is 1. The molecule has 1 aliphatic carbocycles. The van der Waals surface area contributed by atoms with Crippen LogP contribution in [0.25, 0.3) is 0 Å². The fraction of sp³-hybridized carbons (Fsp3) is 0.611. The van der Waals surface area contributed by atoms with Crippen LogP contribution in [-0.2, 0) is 16.1 Å². The number of ether oxygens (including phenoxy) is 1. The van der Waals surface area contributed by atoms with Gasteiger partial charge < -0.3 is 15.2 Å². The average molecular weight is 318 g/mol. The van der Waals surface area contributed by atoms with Crippen LogP contribution in [0.5, 0.6) is 0 Å². The van der Waals surface area contributed by atoms with E-state index in [1.165, 1.54) is 12.5 Å². The maximum Gasteiger partial charge on any atom is 0.221 e. The summed E-state index contributed by atoms with van der Waals surface area (Å²) in [5.41, 5.74) is 2.03. The Hall–Kier alpha value is -1.43. The molecular weight excluding hydrogens is 292 g/mol. The van der Waals surface area contributed by atoms with Crippen LogP contribution < -0.4 is 5.32 Å². The van der Waals surface area contributed by atoms with Crippen LogP contribution in [0.4, 0.5) is 5.69 Å². The van der Waals surface area contributed by atoms with Gasteiger partial charge in [-0.25, -0.2) is 0 Å². The molecule has 1 saturated heterocycles. The van der Waals surface area contributed by atoms with E-state index < -0.39 is 0 Å². The van der Waals surface area contributed by atoms with Gasteiger partial charge in [0, 0.05) is 44.8 Å². The number of hydrogen-bond donors (Lipinski definition) is 2. The second-order valence-electron chi connectivity index (χ2n) is 6.78. The fourth-order valence-corrected chi connectivity index (χ4v) is 4.04. The molecule has 126 valence electrons. The van der Waals surface area contributed by atoms with E-state index in [9.17, 15) is 9.90 Å². The summed E-state index contributed by atoms with van der Waals surface area (Å²) in [5.74, 6) is 0.212. The SMILES string of the molecule is CO[C@H]1CN(Cc2cccc(NC(C)=O)c2)[C@H]2CC[C@@H](O)[C@@H]1C2. The van der Waals surface area contributed by atoms with Gasteiger partial charge in [-0.3, -0.25) is 9.69 Å². The Morgan fingerprint density at radius 3 is 3.00 bits per heavy atom. The molecule has 1 aromatic rings. The smallest absolute Gasteiger partial charge is 0.221 e. The number of anilines is 1. The van der Waals surface area contributed by atoms with E-state index in [1.54, 1.807) is 7.11 Å². The van der Waals surface area contributed by atoms with Gasteiger partial charge in [0.1, 0.15) is 0 Å². The van der Waals surface area contributed by atoms with E-state index in [4.69, 9.17) is 4.74 Å². The van der Waals surface area contributed by atoms with E-state index in [0.717, 1.165) is 38.0 Å². The zero-order valence-electron chi connectivity index (χ0n) is 13.9. The fourth-order valence-electron chi connectivity index (χ4n) is 4.04. The standard InChI is InChI=1S/C18H26N2O3/c1-12(21)19-14-5-3-4-13(8-14)10-20-11-18(23-2)16-9-15(20)6-7-17(16)22/h3-5,8,15-18,22H,6-7,9-11H2,1-2H3,(H,19,21)/t15-,16-,17+,18-/m0/s1. The number of fused-ring (bicyclic) bond motifs is 2. The molecule has 4 atom stereocenters. The number of likely N-dealkylation sites (tertiary alicyclic amines) is 1. The molecule has 0 unspecified atom stereocenters. The number of amides is 1. The molecule has 1 aromatic carbocycles. The summed E-state index contributed by atoms with van der Waals surface area (Å²) in [5, 5.41) is 13.0. The predicted molar refractivity (Wildman–Crippen MR) is 89.1 cm³/mol. The number of hydrogen-bond acceptors (Lipinski definition) is 4. The summed E-state index contributed by atoms with van der Waals surface area (Å²) < 4.78 is 5.63. The van der Waals surface area contributed by atoms with Crippen molar-refractivity contribution < 1.29 is 14.6 Å². The molecule has 0 aromatic heterocycles. The Morgan fingerprint density at radius 1 is 1.43 bits per heavy atom. The van der Waals surface area contributed by atoms with Gasteiger partial charge in [0.05, 0.1) is 12.2 Å². The first-order valence-corrected chi connectivity index (χ1v) is 8.38. The van der Waals surface area contributed by atoms with Crippen molar-refractivity contribution in [2.45, 2.75) is 51.0 Å². The topological polar surface area (TPSA) is 61.8 Å². The normalized spacial score (nSPS) is 30.9. The first-order valence-electron chi connectivity index (χ1n) is 8.38. The third-order valence-corrected chi connectivity index (χ3v) is 5.18. The van der Waals surface area contributed by atoms with Crippen molar-refractivity contribution in [1.82, 2.24) is 4.90 Å². The molecule has 2 aliphatic rings. The Morgan fingerprint density at radius 2 is 2.26 bits per heavy atom. The lowest BCUT2D eigenvalue weighted by molar-refractivity contribution is -0.114. The first kappa shape index (κ1) is 16.4. The van der Waals surface area contributed by atoms with Crippen LogP contribution in [-0.4, -0.2) is 47.8 Å². The van der Waals surface area contributed by atoms with Crippen LogP contribution in [0.3, 0.4) is 0 Å². The summed E-state index contributed by atoms with van der Waals surface area (Å²) in [7, 11) is 1.74. The number of carbonyl (C=O) groups excluding carboxylic acids is 1. The minimum Gasteiger partial charge on any atom is -0.393 e. The molecule has 1 heterocycles. The minimum absolute atomic E-state index is 0.0521. The number of methoxy groups -OCH3 is 1. The van der Waals surface area contributed by atoms with E-state index in [-0.39, 0.29) is 24.0 Å². The summed E-state index contributed by atoms with van der Waals surface area (Å²) >= 11 is 0. The number of carbonyl (C=O) groups is 1. The molecule has 0 radical (unpaired) electrons. The number of benzene rings is 1. The summed E-state index contributed by atoms with van der Waals surface area (Å²) in [4.78, 5) is 13.7. The highest BCUT2D eigenvalue weighted by atomic mass is 16.5. The van der Waals surface area contributed by atoms with Crippen LogP contribution in [0.2, 0.25) is 0 Å². The van der Waals surface area contributed by atoms with Crippen molar-refractivity contribution in [2.75, 3.05) is 19.0 Å². The third kappa shape index (κ3) is 3.74. The summed E-state index contributed by atoms with van der Waals surface area (Å²) in [6, 6.07) is 8.53. The van der Waals surface area contributed by atoms with Crippen LogP contribution >= 0.6 is 0 Å². The van der Waals surface area contributed by atoms with Gasteiger partial charge >= 0.3 is 0 Å². The van der Waals surface area contributed by atoms with Gasteiger partial charge in [-0.1, -0.05) is 12.1 Å². The molecule has 3 rings (SSSR count). The van der Waals surface area contributed by atoms with E-state index in [2.05, 4.69) is 16.3 Å². The number of aliphatic hydroxyl groups is 1. The Labute approximate surface area is 137 Å². The molecule has 2 N–H and O–H groups in total. The van der Waals surface area contributed by atoms with E-state index in [1.807, 2.05) is 18.2 Å². The van der Waals surface area contributed by atoms with Crippen molar-refractivity contribution >= 4 is 11.6 Å². The van der Waals surface area contributed by atoms with Gasteiger partial charge in [-0.2, -0.15) is 0 Å². The molecule has 1 saturated carbocycles. The lowest BCUT2D eigenvalue weighted by atomic mass is 9.76. The van der Waals surface area contributed by atoms with Crippen LogP contribution in [0, 0.1) is 5.92 Å². The molecule has 5 nitrogen and oxygen atoms in total. The molecule has 5 heteroatoms. The third-order valence-electron chi connectivity index (χ3n) is 5.18. The van der Waals surface area contributed by atoms with Crippen molar-refractivity contribution in [1.29, 1.82) is 0 Å². The second-order valence-corrected chi connectivity index (χ2v) is 6.78. The van der Waals surface area contributed by atoms with Crippen LogP contribution in [0.15, 0.2) is 24.3 Å². The first-order chi connectivity index (χ1) is 11.1. The van der Waals surface area contributed by atoms with Crippen LogP contribution in [0.1, 0.15) is 31.7 Å². The number of piperidine rings is 1. The van der Waals surface area contributed by atoms with Gasteiger partial charge in [0.25, 0.3) is 0 Å². The quantitative estimate of drug-likeness (QED) is 0.891. The zero-order chi connectivity index (χ0) is 16.4. The zero-order valence-corrected chi connectivity index (χ0v) is 13.9. The number of rotatable bonds is 4. The highest BCUT2D eigenvalue weighted by Gasteiger charge is 2.42. The van der Waals surface area contributed by atoms with Crippen molar-refractivity contribution in [3.63, 3.8) is 0 Å². The van der Waals surface area contributed by atoms with Crippen molar-refractivity contribution in [3.05, 3.63) is 29.8 Å². The molecule has 2 fully saturated rings. The highest BCUT2D eigenvalue weighted by Crippen LogP contribution is 2.37. The predicted octanol–water partition coefficient (Wildman–Crippen LogP) is 2.01. The van der Waals surface area contributed by atoms with E-state index in [0.29, 0.717) is 6.04 Å². The van der Waals surface area contributed by atoms with Gasteiger partial charge in [-0.05, 0) is 37.0 Å². The largest absolute Gasteiger partial charge is 0.393 e. The molecule has 1 amide bonds. The van der Waals surface area contributed by atoms with Gasteiger partial charge in [0.2, 0.25) is 5.91 Å². The lowest BCUT2D eigenvalue weighted by Gasteiger charge is -2.48. The van der Waals surface area contributed by atoms with E-state index >= 15 is 0 Å². The Kier molecular flexibility index (Phi) is 4.99. The molecule has 23 heavy (non-hydrogen) atoms. The van der Waals surface area contributed by atoms with Gasteiger partial charge in [0.15, 0.2) is 0 Å². The maximum atomic E-state index is 11.2. The van der Waals surface area contributed by atoms with Crippen molar-refractivity contribution in [2.24, 2.45) is 5.92 Å². The molecule has 0 spiro atoms. The molecule has 2 bridgehead atoms.